The molecule has 0 saturated heterocycles. The summed E-state index contributed by atoms with van der Waals surface area (Å²) in [7, 11) is 0. The Hall–Kier alpha value is -3.11. The minimum absolute atomic E-state index is 0.102. The van der Waals surface area contributed by atoms with Gasteiger partial charge in [0.1, 0.15) is 0 Å². The van der Waals surface area contributed by atoms with Crippen LogP contribution >= 0.6 is 11.8 Å². The molecule has 0 aliphatic heterocycles. The van der Waals surface area contributed by atoms with Gasteiger partial charge in [0.15, 0.2) is 5.16 Å². The molecule has 0 N–H and O–H groups in total. The molecule has 3 nitrogen and oxygen atoms in total. The number of rotatable bonds is 4. The molecule has 0 unspecified atom stereocenters. The Balaban J connectivity index is 1.58. The van der Waals surface area contributed by atoms with Crippen LogP contribution in [-0.2, 0) is 17.6 Å². The van der Waals surface area contributed by atoms with Gasteiger partial charge >= 0.3 is 0 Å². The summed E-state index contributed by atoms with van der Waals surface area (Å²) in [6.45, 7) is 6.37. The van der Waals surface area contributed by atoms with Crippen molar-refractivity contribution in [3.63, 3.8) is 0 Å². The van der Waals surface area contributed by atoms with Crippen LogP contribution in [0.3, 0.4) is 0 Å². The van der Waals surface area contributed by atoms with E-state index in [9.17, 15) is 4.79 Å². The van der Waals surface area contributed by atoms with Crippen LogP contribution in [0, 0.1) is 20.8 Å². The summed E-state index contributed by atoms with van der Waals surface area (Å²) >= 11 is 1.67. The fourth-order valence-corrected chi connectivity index (χ4v) is 7.36. The van der Waals surface area contributed by atoms with E-state index in [1.165, 1.54) is 35.1 Å². The van der Waals surface area contributed by atoms with Gasteiger partial charge in [-0.1, -0.05) is 90.8 Å². The van der Waals surface area contributed by atoms with Crippen molar-refractivity contribution < 1.29 is 0 Å². The average molecular weight is 493 g/mol. The van der Waals surface area contributed by atoms with Crippen molar-refractivity contribution in [2.75, 3.05) is 0 Å². The monoisotopic (exact) mass is 492 g/mol. The fraction of sp³-hybridized carbons (Fsp3) is 0.312. The highest BCUT2D eigenvalue weighted by Crippen LogP contribution is 2.50. The average Bonchev–Trinajstić information content (AvgIpc) is 3.32. The van der Waals surface area contributed by atoms with Gasteiger partial charge in [-0.05, 0) is 68.4 Å². The van der Waals surface area contributed by atoms with Crippen LogP contribution in [-0.4, -0.2) is 9.55 Å². The van der Waals surface area contributed by atoms with E-state index < -0.39 is 0 Å². The van der Waals surface area contributed by atoms with Gasteiger partial charge in [-0.3, -0.25) is 9.36 Å². The number of thioether (sulfide) groups is 1. The molecule has 0 amide bonds. The predicted molar refractivity (Wildman–Crippen MR) is 149 cm³/mol. The van der Waals surface area contributed by atoms with Crippen LogP contribution in [0.5, 0.6) is 0 Å². The Kier molecular flexibility index (Phi) is 5.88. The molecule has 4 heteroatoms. The maximum absolute atomic E-state index is 14.6. The molecule has 1 spiro atoms. The minimum atomic E-state index is -0.102. The topological polar surface area (TPSA) is 34.9 Å². The van der Waals surface area contributed by atoms with Crippen molar-refractivity contribution in [3.8, 4) is 16.9 Å². The number of nitrogens with zero attached hydrogens (tertiary/aromatic N) is 2. The molecule has 4 aromatic rings. The number of para-hydroxylation sites is 1. The van der Waals surface area contributed by atoms with Gasteiger partial charge in [-0.15, -0.1) is 0 Å². The molecule has 0 bridgehead atoms. The fourth-order valence-electron chi connectivity index (χ4n) is 6.29. The largest absolute Gasteiger partial charge is 0.268 e. The van der Waals surface area contributed by atoms with Gasteiger partial charge in [-0.2, -0.15) is 0 Å². The van der Waals surface area contributed by atoms with Gasteiger partial charge < -0.3 is 0 Å². The first kappa shape index (κ1) is 23.3. The highest BCUT2D eigenvalue weighted by atomic mass is 32.2. The van der Waals surface area contributed by atoms with Crippen molar-refractivity contribution in [2.45, 2.75) is 69.2 Å². The summed E-state index contributed by atoms with van der Waals surface area (Å²) in [5.74, 6) is 0.774. The third-order valence-electron chi connectivity index (χ3n) is 8.16. The number of benzene rings is 3. The van der Waals surface area contributed by atoms with Gasteiger partial charge in [0, 0.05) is 16.7 Å². The molecule has 1 heterocycles. The molecule has 0 radical (unpaired) electrons. The Morgan fingerprint density at radius 2 is 1.67 bits per heavy atom. The summed E-state index contributed by atoms with van der Waals surface area (Å²) in [5, 5.41) is 0.776. The third kappa shape index (κ3) is 3.83. The number of hydrogen-bond donors (Lipinski definition) is 0. The van der Waals surface area contributed by atoms with E-state index in [0.717, 1.165) is 58.2 Å². The molecule has 3 aromatic carbocycles. The zero-order valence-electron chi connectivity index (χ0n) is 21.3. The van der Waals surface area contributed by atoms with Gasteiger partial charge in [-0.25, -0.2) is 4.98 Å². The van der Waals surface area contributed by atoms with Crippen LogP contribution in [0.4, 0.5) is 0 Å². The quantitative estimate of drug-likeness (QED) is 0.219. The van der Waals surface area contributed by atoms with E-state index in [4.69, 9.17) is 4.98 Å². The molecule has 1 saturated carbocycles. The number of fused-ring (bicyclic) bond motifs is 4. The van der Waals surface area contributed by atoms with E-state index in [1.807, 2.05) is 16.7 Å². The summed E-state index contributed by atoms with van der Waals surface area (Å²) in [6, 6.07) is 23.4. The van der Waals surface area contributed by atoms with E-state index in [1.54, 1.807) is 11.8 Å². The molecular formula is C32H32N2OS. The van der Waals surface area contributed by atoms with E-state index in [0.29, 0.717) is 0 Å². The maximum Gasteiger partial charge on any atom is 0.263 e. The van der Waals surface area contributed by atoms with Crippen molar-refractivity contribution in [1.29, 1.82) is 0 Å². The first-order valence-corrected chi connectivity index (χ1v) is 14.0. The van der Waals surface area contributed by atoms with Gasteiger partial charge in [0.25, 0.3) is 5.56 Å². The third-order valence-corrected chi connectivity index (χ3v) is 9.14. The molecular weight excluding hydrogens is 460 g/mol. The summed E-state index contributed by atoms with van der Waals surface area (Å²) in [5.41, 5.74) is 10.2. The smallest absolute Gasteiger partial charge is 0.263 e. The lowest BCUT2D eigenvalue weighted by Crippen LogP contribution is -2.40. The van der Waals surface area contributed by atoms with Crippen molar-refractivity contribution in [1.82, 2.24) is 9.55 Å². The minimum Gasteiger partial charge on any atom is -0.268 e. The SMILES string of the molecule is Cc1ccc(CSc2nc3c(c(=O)n2-c2ccccc2C)C2(CCCC2)Cc2ccccc2-3)c(C)c1. The van der Waals surface area contributed by atoms with Crippen LogP contribution in [0.2, 0.25) is 0 Å². The number of aryl methyl sites for hydroxylation is 3. The van der Waals surface area contributed by atoms with Gasteiger partial charge in [0.2, 0.25) is 0 Å². The van der Waals surface area contributed by atoms with Crippen LogP contribution in [0.15, 0.2) is 76.7 Å². The van der Waals surface area contributed by atoms with Crippen LogP contribution in [0.1, 0.15) is 59.1 Å². The maximum atomic E-state index is 14.6. The highest BCUT2D eigenvalue weighted by Gasteiger charge is 2.44. The van der Waals surface area contributed by atoms with Crippen LogP contribution < -0.4 is 5.56 Å². The molecule has 6 rings (SSSR count). The van der Waals surface area contributed by atoms with Crippen molar-refractivity contribution in [3.05, 3.63) is 110 Å². The highest BCUT2D eigenvalue weighted by molar-refractivity contribution is 7.98. The first-order valence-electron chi connectivity index (χ1n) is 13.0. The Morgan fingerprint density at radius 3 is 2.44 bits per heavy atom. The standard InChI is InChI=1S/C32H32N2OS/c1-21-14-15-25(23(3)18-21)20-36-31-33-29-26-12-6-5-11-24(26)19-32(16-8-9-17-32)28(29)30(35)34(31)27-13-7-4-10-22(27)2/h4-7,10-15,18H,8-9,16-17,19-20H2,1-3H3. The predicted octanol–water partition coefficient (Wildman–Crippen LogP) is 7.48. The van der Waals surface area contributed by atoms with Gasteiger partial charge in [0.05, 0.1) is 16.9 Å². The Morgan fingerprint density at radius 1 is 0.917 bits per heavy atom. The van der Waals surface area contributed by atoms with Crippen molar-refractivity contribution >= 4 is 11.8 Å². The zero-order valence-corrected chi connectivity index (χ0v) is 22.1. The summed E-state index contributed by atoms with van der Waals surface area (Å²) in [4.78, 5) is 19.9. The molecule has 2 aliphatic carbocycles. The molecule has 36 heavy (non-hydrogen) atoms. The second-order valence-corrected chi connectivity index (χ2v) is 11.5. The normalized spacial score (nSPS) is 15.6. The summed E-state index contributed by atoms with van der Waals surface area (Å²) in [6.07, 6.45) is 5.42. The van der Waals surface area contributed by atoms with E-state index >= 15 is 0 Å². The van der Waals surface area contributed by atoms with E-state index in [-0.39, 0.29) is 11.0 Å². The molecule has 182 valence electrons. The lowest BCUT2D eigenvalue weighted by molar-refractivity contribution is 0.422. The number of hydrogen-bond acceptors (Lipinski definition) is 3. The molecule has 1 aromatic heterocycles. The second-order valence-electron chi connectivity index (χ2n) is 10.6. The van der Waals surface area contributed by atoms with Crippen molar-refractivity contribution in [2.24, 2.45) is 0 Å². The lowest BCUT2D eigenvalue weighted by Gasteiger charge is -2.36. The van der Waals surface area contributed by atoms with Crippen LogP contribution in [0.25, 0.3) is 16.9 Å². The second kappa shape index (κ2) is 9.08. The Bertz CT molecular complexity index is 1530. The molecule has 0 atom stereocenters. The molecule has 2 aliphatic rings. The lowest BCUT2D eigenvalue weighted by atomic mass is 9.68. The Labute approximate surface area is 217 Å². The molecule has 1 fully saturated rings. The first-order chi connectivity index (χ1) is 17.5. The summed E-state index contributed by atoms with van der Waals surface area (Å²) < 4.78 is 1.91. The van der Waals surface area contributed by atoms with E-state index in [2.05, 4.69) is 75.4 Å². The zero-order chi connectivity index (χ0) is 24.9. The number of aromatic nitrogens is 2.